The number of hydrogen-bond donors (Lipinski definition) is 0. The van der Waals surface area contributed by atoms with Crippen molar-refractivity contribution in [3.63, 3.8) is 0 Å². The molecule has 0 N–H and O–H groups in total. The van der Waals surface area contributed by atoms with Gasteiger partial charge in [-0.25, -0.2) is 0 Å². The third-order valence-electron chi connectivity index (χ3n) is 9.35. The molecule has 1 heteroatoms. The molecule has 0 atom stereocenters. The molecule has 0 radical (unpaired) electrons. The van der Waals surface area contributed by atoms with Crippen molar-refractivity contribution in [2.45, 2.75) is 0 Å². The first kappa shape index (κ1) is 23.3. The summed E-state index contributed by atoms with van der Waals surface area (Å²) in [5.41, 5.74) is 5.07. The molecule has 0 saturated heterocycles. The van der Waals surface area contributed by atoms with Crippen LogP contribution in [0.2, 0.25) is 0 Å². The van der Waals surface area contributed by atoms with Gasteiger partial charge in [-0.2, -0.15) is 0 Å². The smallest absolute Gasteiger partial charge is 0.0367 e. The number of fused-ring (bicyclic) bond motifs is 6. The summed E-state index contributed by atoms with van der Waals surface area (Å²) in [6.45, 7) is 0. The van der Waals surface area contributed by atoms with E-state index in [0.717, 1.165) is 0 Å². The van der Waals surface area contributed by atoms with E-state index in [2.05, 4.69) is 146 Å². The van der Waals surface area contributed by atoms with Gasteiger partial charge in [0.25, 0.3) is 0 Å². The molecule has 0 aliphatic rings. The number of thiophene rings is 1. The molecule has 1 aromatic heterocycles. The Hall–Kier alpha value is -5.24. The van der Waals surface area contributed by atoms with Crippen LogP contribution in [-0.4, -0.2) is 0 Å². The normalized spacial score (nSPS) is 12.2. The van der Waals surface area contributed by atoms with Crippen LogP contribution in [-0.2, 0) is 0 Å². The molecule has 0 spiro atoms. The first-order valence-corrected chi connectivity index (χ1v) is 15.7. The average Bonchev–Trinajstić information content (AvgIpc) is 3.46. The molecule has 1 heterocycles. The molecule has 9 aromatic carbocycles. The van der Waals surface area contributed by atoms with Gasteiger partial charge in [-0.3, -0.25) is 0 Å². The summed E-state index contributed by atoms with van der Waals surface area (Å²) in [6, 6.07) is 54.4. The van der Waals surface area contributed by atoms with Gasteiger partial charge in [0.2, 0.25) is 0 Å². The van der Waals surface area contributed by atoms with Gasteiger partial charge in [0.15, 0.2) is 0 Å². The van der Waals surface area contributed by atoms with Crippen LogP contribution in [0.1, 0.15) is 0 Å². The Kier molecular flexibility index (Phi) is 4.69. The third-order valence-corrected chi connectivity index (χ3v) is 10.5. The van der Waals surface area contributed by atoms with E-state index >= 15 is 0 Å². The zero-order chi connectivity index (χ0) is 28.1. The maximum atomic E-state index is 2.41. The Bertz CT molecular complexity index is 2730. The summed E-state index contributed by atoms with van der Waals surface area (Å²) < 4.78 is 2.73. The predicted octanol–water partition coefficient (Wildman–Crippen LogP) is 12.6. The van der Waals surface area contributed by atoms with Gasteiger partial charge in [0.1, 0.15) is 0 Å². The van der Waals surface area contributed by atoms with Crippen molar-refractivity contribution in [2.24, 2.45) is 0 Å². The second-order valence-electron chi connectivity index (χ2n) is 11.7. The predicted molar refractivity (Wildman–Crippen MR) is 189 cm³/mol. The Morgan fingerprint density at radius 1 is 0.302 bits per heavy atom. The molecule has 0 aliphatic heterocycles. The van der Waals surface area contributed by atoms with Gasteiger partial charge in [-0.05, 0) is 113 Å². The Labute approximate surface area is 252 Å². The summed E-state index contributed by atoms with van der Waals surface area (Å²) in [6.07, 6.45) is 0. The SMILES string of the molecule is c1ccc2c(c1)ccc1c3ccccc3c(-c3ccc4ccc(-c5cc6ccc7cccc8sc(c5)c6c78)cc4c3)cc21. The summed E-state index contributed by atoms with van der Waals surface area (Å²) in [5, 5.41) is 15.8. The quantitative estimate of drug-likeness (QED) is 0.184. The Balaban J connectivity index is 1.18. The van der Waals surface area contributed by atoms with Crippen LogP contribution in [0, 0.1) is 0 Å². The fourth-order valence-electron chi connectivity index (χ4n) is 7.31. The highest BCUT2D eigenvalue weighted by Crippen LogP contribution is 2.43. The van der Waals surface area contributed by atoms with E-state index < -0.39 is 0 Å². The molecule has 10 aromatic rings. The van der Waals surface area contributed by atoms with Gasteiger partial charge >= 0.3 is 0 Å². The Morgan fingerprint density at radius 3 is 1.88 bits per heavy atom. The zero-order valence-corrected chi connectivity index (χ0v) is 24.1. The van der Waals surface area contributed by atoms with Crippen molar-refractivity contribution in [3.05, 3.63) is 146 Å². The second kappa shape index (κ2) is 8.64. The molecule has 0 amide bonds. The van der Waals surface area contributed by atoms with Crippen molar-refractivity contribution in [3.8, 4) is 22.3 Å². The van der Waals surface area contributed by atoms with Crippen molar-refractivity contribution < 1.29 is 0 Å². The van der Waals surface area contributed by atoms with Crippen LogP contribution in [0.3, 0.4) is 0 Å². The lowest BCUT2D eigenvalue weighted by Gasteiger charge is -2.14. The van der Waals surface area contributed by atoms with Gasteiger partial charge in [0.05, 0.1) is 0 Å². The standard InChI is InChI=1S/C42H24S/c1-2-8-33-26(6-1)18-19-36-34-9-3-4-10-35(34)37(24-38(33)36)29-16-13-25-12-15-28(20-31(25)21-29)32-22-30-17-14-27-7-5-11-39-41(27)42(30)40(23-32)43-39/h1-24H. The summed E-state index contributed by atoms with van der Waals surface area (Å²) in [7, 11) is 0. The van der Waals surface area contributed by atoms with Crippen molar-refractivity contribution in [1.29, 1.82) is 0 Å². The van der Waals surface area contributed by atoms with Crippen LogP contribution in [0.5, 0.6) is 0 Å². The van der Waals surface area contributed by atoms with E-state index in [9.17, 15) is 0 Å². The molecular formula is C42H24S. The summed E-state index contributed by atoms with van der Waals surface area (Å²) in [4.78, 5) is 0. The lowest BCUT2D eigenvalue weighted by atomic mass is 9.90. The number of hydrogen-bond acceptors (Lipinski definition) is 1. The molecule has 10 rings (SSSR count). The van der Waals surface area contributed by atoms with Crippen LogP contribution in [0.4, 0.5) is 0 Å². The molecular weight excluding hydrogens is 537 g/mol. The first-order valence-electron chi connectivity index (χ1n) is 14.8. The molecule has 198 valence electrons. The van der Waals surface area contributed by atoms with Gasteiger partial charge in [-0.15, -0.1) is 11.3 Å². The summed E-state index contributed by atoms with van der Waals surface area (Å²) in [5.74, 6) is 0. The lowest BCUT2D eigenvalue weighted by molar-refractivity contribution is 1.68. The second-order valence-corrected chi connectivity index (χ2v) is 12.8. The van der Waals surface area contributed by atoms with Crippen LogP contribution >= 0.6 is 11.3 Å². The van der Waals surface area contributed by atoms with E-state index in [-0.39, 0.29) is 0 Å². The third kappa shape index (κ3) is 3.37. The fourth-order valence-corrected chi connectivity index (χ4v) is 8.53. The monoisotopic (exact) mass is 560 g/mol. The average molecular weight is 561 g/mol. The minimum atomic E-state index is 1.25. The van der Waals surface area contributed by atoms with Gasteiger partial charge < -0.3 is 0 Å². The fraction of sp³-hybridized carbons (Fsp3) is 0. The van der Waals surface area contributed by atoms with E-state index in [1.807, 2.05) is 11.3 Å². The van der Waals surface area contributed by atoms with E-state index in [0.29, 0.717) is 0 Å². The van der Waals surface area contributed by atoms with Crippen LogP contribution in [0.15, 0.2) is 146 Å². The molecule has 0 fully saturated rings. The molecule has 0 unspecified atom stereocenters. The van der Waals surface area contributed by atoms with E-state index in [4.69, 9.17) is 0 Å². The topological polar surface area (TPSA) is 0 Å². The molecule has 0 bridgehead atoms. The lowest BCUT2D eigenvalue weighted by Crippen LogP contribution is -1.87. The first-order chi connectivity index (χ1) is 21.3. The van der Waals surface area contributed by atoms with Gasteiger partial charge in [-0.1, -0.05) is 109 Å². The number of rotatable bonds is 2. The molecule has 0 saturated carbocycles. The molecule has 43 heavy (non-hydrogen) atoms. The minimum Gasteiger partial charge on any atom is -0.135 e. The van der Waals surface area contributed by atoms with Crippen molar-refractivity contribution in [1.82, 2.24) is 0 Å². The summed E-state index contributed by atoms with van der Waals surface area (Å²) >= 11 is 1.90. The van der Waals surface area contributed by atoms with Crippen LogP contribution < -0.4 is 0 Å². The maximum Gasteiger partial charge on any atom is 0.0367 e. The zero-order valence-electron chi connectivity index (χ0n) is 23.3. The highest BCUT2D eigenvalue weighted by Gasteiger charge is 2.14. The number of benzene rings is 9. The van der Waals surface area contributed by atoms with E-state index in [1.54, 1.807) is 0 Å². The van der Waals surface area contributed by atoms with Gasteiger partial charge in [0, 0.05) is 20.2 Å². The maximum absolute atomic E-state index is 2.41. The van der Waals surface area contributed by atoms with E-state index in [1.165, 1.54) is 96.3 Å². The molecule has 0 nitrogen and oxygen atoms in total. The van der Waals surface area contributed by atoms with Crippen molar-refractivity contribution in [2.75, 3.05) is 0 Å². The molecule has 0 aliphatic carbocycles. The van der Waals surface area contributed by atoms with Crippen molar-refractivity contribution >= 4 is 85.4 Å². The minimum absolute atomic E-state index is 1.25. The largest absolute Gasteiger partial charge is 0.135 e. The highest BCUT2D eigenvalue weighted by atomic mass is 32.1. The highest BCUT2D eigenvalue weighted by molar-refractivity contribution is 7.26. The Morgan fingerprint density at radius 2 is 0.953 bits per heavy atom. The van der Waals surface area contributed by atoms with Crippen LogP contribution in [0.25, 0.3) is 96.3 Å².